The molecule has 5 nitrogen and oxygen atoms in total. The van der Waals surface area contributed by atoms with Crippen molar-refractivity contribution in [3.05, 3.63) is 34.8 Å². The van der Waals surface area contributed by atoms with Gasteiger partial charge in [-0.3, -0.25) is 0 Å². The average Bonchev–Trinajstić information content (AvgIpc) is 3.04. The van der Waals surface area contributed by atoms with Crippen molar-refractivity contribution >= 4 is 16.5 Å². The van der Waals surface area contributed by atoms with Gasteiger partial charge in [0, 0.05) is 24.9 Å². The largest absolute Gasteiger partial charge is 0.486 e. The van der Waals surface area contributed by atoms with Gasteiger partial charge in [-0.2, -0.15) is 0 Å². The Hall–Kier alpha value is -1.79. The molecule has 0 unspecified atom stereocenters. The average molecular weight is 318 g/mol. The molecular formula is C16H18N2O3S. The normalized spacial score (nSPS) is 17.5. The molecule has 0 spiro atoms. The van der Waals surface area contributed by atoms with Crippen molar-refractivity contribution in [2.75, 3.05) is 44.4 Å². The van der Waals surface area contributed by atoms with Gasteiger partial charge >= 0.3 is 0 Å². The van der Waals surface area contributed by atoms with Crippen LogP contribution in [0.5, 0.6) is 11.5 Å². The van der Waals surface area contributed by atoms with Crippen LogP contribution in [-0.4, -0.2) is 44.5 Å². The third-order valence-electron chi connectivity index (χ3n) is 3.81. The first kappa shape index (κ1) is 13.8. The standard InChI is InChI=1S/C16H18N2O3S/c1-2-14-15(21-8-7-20-14)10-12(1)9-13-11-22-16(17-13)18-3-5-19-6-4-18/h1-2,10-11H,3-9H2. The molecule has 0 radical (unpaired) electrons. The zero-order chi connectivity index (χ0) is 14.8. The predicted molar refractivity (Wildman–Crippen MR) is 85.4 cm³/mol. The highest BCUT2D eigenvalue weighted by Crippen LogP contribution is 2.32. The van der Waals surface area contributed by atoms with Crippen molar-refractivity contribution in [1.82, 2.24) is 4.98 Å². The van der Waals surface area contributed by atoms with Crippen molar-refractivity contribution in [2.45, 2.75) is 6.42 Å². The Kier molecular flexibility index (Phi) is 3.86. The maximum atomic E-state index is 5.64. The summed E-state index contributed by atoms with van der Waals surface area (Å²) >= 11 is 1.71. The van der Waals surface area contributed by atoms with E-state index < -0.39 is 0 Å². The van der Waals surface area contributed by atoms with Crippen molar-refractivity contribution in [1.29, 1.82) is 0 Å². The van der Waals surface area contributed by atoms with E-state index in [9.17, 15) is 0 Å². The molecule has 0 amide bonds. The van der Waals surface area contributed by atoms with Gasteiger partial charge in [0.15, 0.2) is 16.6 Å². The molecule has 0 atom stereocenters. The quantitative estimate of drug-likeness (QED) is 0.869. The molecule has 1 aromatic heterocycles. The fourth-order valence-electron chi connectivity index (χ4n) is 2.68. The number of ether oxygens (including phenoxy) is 3. The van der Waals surface area contributed by atoms with Gasteiger partial charge in [0.25, 0.3) is 0 Å². The Morgan fingerprint density at radius 2 is 1.86 bits per heavy atom. The maximum Gasteiger partial charge on any atom is 0.185 e. The minimum atomic E-state index is 0.619. The number of nitrogens with zero attached hydrogens (tertiary/aromatic N) is 2. The first-order valence-electron chi connectivity index (χ1n) is 7.54. The van der Waals surface area contributed by atoms with Gasteiger partial charge in [-0.25, -0.2) is 4.98 Å². The smallest absolute Gasteiger partial charge is 0.185 e. The second kappa shape index (κ2) is 6.14. The lowest BCUT2D eigenvalue weighted by molar-refractivity contribution is 0.122. The van der Waals surface area contributed by atoms with Crippen molar-refractivity contribution in [3.63, 3.8) is 0 Å². The second-order valence-electron chi connectivity index (χ2n) is 5.38. The van der Waals surface area contributed by atoms with E-state index in [1.807, 2.05) is 6.07 Å². The number of aromatic nitrogens is 1. The van der Waals surface area contributed by atoms with Crippen LogP contribution in [0.2, 0.25) is 0 Å². The predicted octanol–water partition coefficient (Wildman–Crippen LogP) is 2.34. The molecule has 2 aromatic rings. The number of anilines is 1. The van der Waals surface area contributed by atoms with Crippen LogP contribution in [0.25, 0.3) is 0 Å². The van der Waals surface area contributed by atoms with E-state index in [-0.39, 0.29) is 0 Å². The Labute approximate surface area is 133 Å². The summed E-state index contributed by atoms with van der Waals surface area (Å²) < 4.78 is 16.6. The van der Waals surface area contributed by atoms with E-state index in [1.165, 1.54) is 5.56 Å². The molecule has 4 rings (SSSR count). The molecule has 0 saturated carbocycles. The minimum Gasteiger partial charge on any atom is -0.486 e. The number of hydrogen-bond donors (Lipinski definition) is 0. The summed E-state index contributed by atoms with van der Waals surface area (Å²) in [6.45, 7) is 4.68. The molecule has 2 aliphatic heterocycles. The highest BCUT2D eigenvalue weighted by molar-refractivity contribution is 7.13. The van der Waals surface area contributed by atoms with Crippen molar-refractivity contribution in [3.8, 4) is 11.5 Å². The minimum absolute atomic E-state index is 0.619. The summed E-state index contributed by atoms with van der Waals surface area (Å²) in [6, 6.07) is 6.13. The van der Waals surface area contributed by atoms with E-state index in [0.29, 0.717) is 13.2 Å². The van der Waals surface area contributed by atoms with Crippen molar-refractivity contribution < 1.29 is 14.2 Å². The fourth-order valence-corrected chi connectivity index (χ4v) is 3.56. The molecule has 0 aliphatic carbocycles. The summed E-state index contributed by atoms with van der Waals surface area (Å²) in [5, 5.41) is 3.23. The van der Waals surface area contributed by atoms with E-state index in [0.717, 1.165) is 55.0 Å². The first-order valence-corrected chi connectivity index (χ1v) is 8.42. The number of benzene rings is 1. The Balaban J connectivity index is 1.48. The molecule has 0 N–H and O–H groups in total. The van der Waals surface area contributed by atoms with Crippen molar-refractivity contribution in [2.24, 2.45) is 0 Å². The van der Waals surface area contributed by atoms with Crippen LogP contribution in [0.4, 0.5) is 5.13 Å². The molecule has 116 valence electrons. The van der Waals surface area contributed by atoms with Crippen LogP contribution in [0.1, 0.15) is 11.3 Å². The Bertz CT molecular complexity index is 653. The summed E-state index contributed by atoms with van der Waals surface area (Å²) in [5.41, 5.74) is 2.30. The topological polar surface area (TPSA) is 43.8 Å². The highest BCUT2D eigenvalue weighted by Gasteiger charge is 2.16. The molecule has 1 saturated heterocycles. The third kappa shape index (κ3) is 2.89. The Morgan fingerprint density at radius 1 is 1.05 bits per heavy atom. The molecule has 1 aromatic carbocycles. The summed E-state index contributed by atoms with van der Waals surface area (Å²) in [5.74, 6) is 1.68. The molecule has 22 heavy (non-hydrogen) atoms. The first-order chi connectivity index (χ1) is 10.9. The van der Waals surface area contributed by atoms with Gasteiger partial charge in [0.1, 0.15) is 13.2 Å². The lowest BCUT2D eigenvalue weighted by Crippen LogP contribution is -2.36. The number of fused-ring (bicyclic) bond motifs is 1. The number of rotatable bonds is 3. The van der Waals surface area contributed by atoms with E-state index in [4.69, 9.17) is 19.2 Å². The van der Waals surface area contributed by atoms with Gasteiger partial charge in [-0.05, 0) is 17.7 Å². The summed E-state index contributed by atoms with van der Waals surface area (Å²) in [4.78, 5) is 7.05. The van der Waals surface area contributed by atoms with Crippen LogP contribution in [0.15, 0.2) is 23.6 Å². The van der Waals surface area contributed by atoms with Crippen LogP contribution >= 0.6 is 11.3 Å². The summed E-state index contributed by atoms with van der Waals surface area (Å²) in [6.07, 6.45) is 0.817. The van der Waals surface area contributed by atoms with Gasteiger partial charge in [0.05, 0.1) is 18.9 Å². The van der Waals surface area contributed by atoms with Gasteiger partial charge in [0.2, 0.25) is 0 Å². The fraction of sp³-hybridized carbons (Fsp3) is 0.438. The molecule has 2 aliphatic rings. The SMILES string of the molecule is c1cc2c(cc1Cc1csc(N3CCOCC3)n1)OCCO2. The number of morpholine rings is 1. The van der Waals surface area contributed by atoms with Gasteiger partial charge in [-0.15, -0.1) is 11.3 Å². The van der Waals surface area contributed by atoms with Crippen LogP contribution < -0.4 is 14.4 Å². The zero-order valence-electron chi connectivity index (χ0n) is 12.3. The zero-order valence-corrected chi connectivity index (χ0v) is 13.1. The monoisotopic (exact) mass is 318 g/mol. The highest BCUT2D eigenvalue weighted by atomic mass is 32.1. The van der Waals surface area contributed by atoms with Crippen LogP contribution in [0.3, 0.4) is 0 Å². The number of thiazole rings is 1. The van der Waals surface area contributed by atoms with Crippen LogP contribution in [0, 0.1) is 0 Å². The maximum absolute atomic E-state index is 5.64. The second-order valence-corrected chi connectivity index (χ2v) is 6.21. The molecule has 6 heteroatoms. The number of hydrogen-bond acceptors (Lipinski definition) is 6. The third-order valence-corrected chi connectivity index (χ3v) is 4.76. The van der Waals surface area contributed by atoms with E-state index in [2.05, 4.69) is 22.4 Å². The lowest BCUT2D eigenvalue weighted by Gasteiger charge is -2.26. The molecule has 1 fully saturated rings. The molecular weight excluding hydrogens is 300 g/mol. The van der Waals surface area contributed by atoms with Gasteiger partial charge < -0.3 is 19.1 Å². The Morgan fingerprint density at radius 3 is 2.73 bits per heavy atom. The van der Waals surface area contributed by atoms with E-state index in [1.54, 1.807) is 11.3 Å². The lowest BCUT2D eigenvalue weighted by atomic mass is 10.1. The van der Waals surface area contributed by atoms with Crippen LogP contribution in [-0.2, 0) is 11.2 Å². The van der Waals surface area contributed by atoms with Gasteiger partial charge in [-0.1, -0.05) is 6.07 Å². The molecule has 3 heterocycles. The molecule has 0 bridgehead atoms. The summed E-state index contributed by atoms with van der Waals surface area (Å²) in [7, 11) is 0. The van der Waals surface area contributed by atoms with E-state index >= 15 is 0 Å².